The van der Waals surface area contributed by atoms with E-state index in [-0.39, 0.29) is 5.69 Å². The van der Waals surface area contributed by atoms with Crippen molar-refractivity contribution in [1.29, 1.82) is 0 Å². The van der Waals surface area contributed by atoms with Crippen LogP contribution in [0.5, 0.6) is 11.5 Å². The Hall–Kier alpha value is -3.62. The summed E-state index contributed by atoms with van der Waals surface area (Å²) in [6.07, 6.45) is -0.927. The van der Waals surface area contributed by atoms with Crippen LogP contribution in [0.25, 0.3) is 0 Å². The standard InChI is InChI=1S/C20H23N3O6/c1-13(2)12-28-17-8-4-15(5-9-17)20(25)22-21-19(24)14(3)29-18-10-6-16(7-11-18)23(26)27/h4-11,13-14H,12H2,1-3H3,(H,21,24)(H,22,25). The molecular formula is C20H23N3O6. The molecule has 2 aromatic carbocycles. The summed E-state index contributed by atoms with van der Waals surface area (Å²) < 4.78 is 11.0. The molecule has 0 aliphatic carbocycles. The molecule has 0 aromatic heterocycles. The third-order valence-electron chi connectivity index (χ3n) is 3.73. The van der Waals surface area contributed by atoms with Crippen LogP contribution in [0.4, 0.5) is 5.69 Å². The topological polar surface area (TPSA) is 120 Å². The number of hydrazine groups is 1. The quantitative estimate of drug-likeness (QED) is 0.518. The van der Waals surface area contributed by atoms with Gasteiger partial charge in [-0.05, 0) is 49.2 Å². The summed E-state index contributed by atoms with van der Waals surface area (Å²) >= 11 is 0. The molecule has 9 nitrogen and oxygen atoms in total. The molecule has 1 unspecified atom stereocenters. The molecule has 2 amide bonds. The van der Waals surface area contributed by atoms with Gasteiger partial charge in [0.1, 0.15) is 11.5 Å². The van der Waals surface area contributed by atoms with Gasteiger partial charge in [-0.3, -0.25) is 30.6 Å². The summed E-state index contributed by atoms with van der Waals surface area (Å²) in [6.45, 7) is 6.14. The van der Waals surface area contributed by atoms with Gasteiger partial charge in [0.2, 0.25) is 0 Å². The Bertz CT molecular complexity index is 850. The van der Waals surface area contributed by atoms with Gasteiger partial charge in [-0.15, -0.1) is 0 Å². The van der Waals surface area contributed by atoms with Crippen LogP contribution in [0, 0.1) is 16.0 Å². The number of hydrogen-bond acceptors (Lipinski definition) is 6. The first-order valence-corrected chi connectivity index (χ1v) is 9.00. The number of hydrogen-bond donors (Lipinski definition) is 2. The molecule has 0 aliphatic rings. The smallest absolute Gasteiger partial charge is 0.279 e. The first-order chi connectivity index (χ1) is 13.8. The minimum atomic E-state index is -0.927. The summed E-state index contributed by atoms with van der Waals surface area (Å²) in [5.74, 6) is 0.277. The lowest BCUT2D eigenvalue weighted by Gasteiger charge is -2.15. The maximum atomic E-state index is 12.1. The van der Waals surface area contributed by atoms with Crippen molar-refractivity contribution in [3.8, 4) is 11.5 Å². The van der Waals surface area contributed by atoms with Crippen molar-refractivity contribution < 1.29 is 24.0 Å². The monoisotopic (exact) mass is 401 g/mol. The molecule has 1 atom stereocenters. The normalized spacial score (nSPS) is 11.4. The van der Waals surface area contributed by atoms with Gasteiger partial charge < -0.3 is 9.47 Å². The van der Waals surface area contributed by atoms with E-state index in [0.717, 1.165) is 0 Å². The lowest BCUT2D eigenvalue weighted by atomic mass is 10.2. The number of nitrogens with zero attached hydrogens (tertiary/aromatic N) is 1. The van der Waals surface area contributed by atoms with Crippen molar-refractivity contribution in [2.24, 2.45) is 5.92 Å². The van der Waals surface area contributed by atoms with E-state index in [4.69, 9.17) is 9.47 Å². The number of amides is 2. The minimum Gasteiger partial charge on any atom is -0.493 e. The van der Waals surface area contributed by atoms with E-state index in [0.29, 0.717) is 29.6 Å². The van der Waals surface area contributed by atoms with E-state index < -0.39 is 22.8 Å². The fourth-order valence-electron chi connectivity index (χ4n) is 2.16. The van der Waals surface area contributed by atoms with Crippen LogP contribution in [0.15, 0.2) is 48.5 Å². The number of nitro groups is 1. The zero-order chi connectivity index (χ0) is 21.4. The van der Waals surface area contributed by atoms with Crippen molar-refractivity contribution in [2.75, 3.05) is 6.61 Å². The van der Waals surface area contributed by atoms with Gasteiger partial charge in [-0.25, -0.2) is 0 Å². The van der Waals surface area contributed by atoms with Gasteiger partial charge in [-0.2, -0.15) is 0 Å². The van der Waals surface area contributed by atoms with Crippen LogP contribution in [-0.2, 0) is 4.79 Å². The largest absolute Gasteiger partial charge is 0.493 e. The molecule has 0 radical (unpaired) electrons. The van der Waals surface area contributed by atoms with Gasteiger partial charge >= 0.3 is 0 Å². The Kier molecular flexibility index (Phi) is 7.53. The number of non-ortho nitro benzene ring substituents is 1. The van der Waals surface area contributed by atoms with Crippen LogP contribution in [0.2, 0.25) is 0 Å². The predicted octanol–water partition coefficient (Wildman–Crippen LogP) is 2.86. The molecule has 2 aromatic rings. The fourth-order valence-corrected chi connectivity index (χ4v) is 2.16. The van der Waals surface area contributed by atoms with E-state index in [9.17, 15) is 19.7 Å². The Morgan fingerprint density at radius 1 is 0.966 bits per heavy atom. The first-order valence-electron chi connectivity index (χ1n) is 9.00. The third kappa shape index (κ3) is 6.80. The molecule has 0 bridgehead atoms. The summed E-state index contributed by atoms with van der Waals surface area (Å²) in [5.41, 5.74) is 4.86. The third-order valence-corrected chi connectivity index (χ3v) is 3.73. The van der Waals surface area contributed by atoms with Gasteiger partial charge in [0.25, 0.3) is 17.5 Å². The van der Waals surface area contributed by atoms with Crippen LogP contribution in [0.1, 0.15) is 31.1 Å². The maximum absolute atomic E-state index is 12.1. The second-order valence-corrected chi connectivity index (χ2v) is 6.68. The number of carbonyl (C=O) groups excluding carboxylic acids is 2. The molecule has 0 aliphatic heterocycles. The number of nitrogens with one attached hydrogen (secondary N) is 2. The van der Waals surface area contributed by atoms with Gasteiger partial charge in [0, 0.05) is 17.7 Å². The van der Waals surface area contributed by atoms with Crippen LogP contribution >= 0.6 is 0 Å². The molecule has 0 saturated heterocycles. The highest BCUT2D eigenvalue weighted by Gasteiger charge is 2.16. The van der Waals surface area contributed by atoms with Crippen molar-refractivity contribution >= 4 is 17.5 Å². The highest BCUT2D eigenvalue weighted by molar-refractivity contribution is 5.95. The van der Waals surface area contributed by atoms with Crippen LogP contribution in [-0.4, -0.2) is 29.4 Å². The fraction of sp³-hybridized carbons (Fsp3) is 0.300. The summed E-state index contributed by atoms with van der Waals surface area (Å²) in [6, 6.07) is 11.9. The molecule has 0 spiro atoms. The van der Waals surface area contributed by atoms with E-state index in [1.165, 1.54) is 31.2 Å². The second kappa shape index (κ2) is 10.1. The molecule has 29 heavy (non-hydrogen) atoms. The minimum absolute atomic E-state index is 0.0812. The predicted molar refractivity (Wildman–Crippen MR) is 106 cm³/mol. The van der Waals surface area contributed by atoms with Gasteiger partial charge in [0.05, 0.1) is 11.5 Å². The number of carbonyl (C=O) groups is 2. The SMILES string of the molecule is CC(C)COc1ccc(C(=O)NNC(=O)C(C)Oc2ccc([N+](=O)[O-])cc2)cc1. The first kappa shape index (κ1) is 21.7. The van der Waals surface area contributed by atoms with Crippen molar-refractivity contribution in [3.05, 3.63) is 64.2 Å². The number of rotatable bonds is 8. The van der Waals surface area contributed by atoms with Crippen LogP contribution in [0.3, 0.4) is 0 Å². The zero-order valence-electron chi connectivity index (χ0n) is 16.4. The van der Waals surface area contributed by atoms with Crippen molar-refractivity contribution in [1.82, 2.24) is 10.9 Å². The molecule has 9 heteroatoms. The Morgan fingerprint density at radius 3 is 2.10 bits per heavy atom. The molecule has 0 saturated carbocycles. The average Bonchev–Trinajstić information content (AvgIpc) is 2.70. The Balaban J connectivity index is 1.82. The molecule has 0 fully saturated rings. The van der Waals surface area contributed by atoms with E-state index in [1.807, 2.05) is 13.8 Å². The molecule has 154 valence electrons. The summed E-state index contributed by atoms with van der Waals surface area (Å²) in [4.78, 5) is 34.3. The molecule has 2 N–H and O–H groups in total. The summed E-state index contributed by atoms with van der Waals surface area (Å²) in [7, 11) is 0. The van der Waals surface area contributed by atoms with E-state index in [2.05, 4.69) is 10.9 Å². The number of benzene rings is 2. The van der Waals surface area contributed by atoms with E-state index >= 15 is 0 Å². The zero-order valence-corrected chi connectivity index (χ0v) is 16.4. The molecule has 2 rings (SSSR count). The van der Waals surface area contributed by atoms with E-state index in [1.54, 1.807) is 24.3 Å². The van der Waals surface area contributed by atoms with Crippen molar-refractivity contribution in [3.63, 3.8) is 0 Å². The molecular weight excluding hydrogens is 378 g/mol. The highest BCUT2D eigenvalue weighted by atomic mass is 16.6. The number of ether oxygens (including phenoxy) is 2. The van der Waals surface area contributed by atoms with Crippen molar-refractivity contribution in [2.45, 2.75) is 26.9 Å². The Labute approximate surface area is 168 Å². The lowest BCUT2D eigenvalue weighted by molar-refractivity contribution is -0.384. The second-order valence-electron chi connectivity index (χ2n) is 6.68. The van der Waals surface area contributed by atoms with Gasteiger partial charge in [0.15, 0.2) is 6.10 Å². The lowest BCUT2D eigenvalue weighted by Crippen LogP contribution is -2.47. The van der Waals surface area contributed by atoms with Gasteiger partial charge in [-0.1, -0.05) is 13.8 Å². The average molecular weight is 401 g/mol. The Morgan fingerprint density at radius 2 is 1.55 bits per heavy atom. The molecule has 0 heterocycles. The number of nitro benzene ring substituents is 1. The highest BCUT2D eigenvalue weighted by Crippen LogP contribution is 2.18. The summed E-state index contributed by atoms with van der Waals surface area (Å²) in [5, 5.41) is 10.6. The maximum Gasteiger partial charge on any atom is 0.279 e. The van der Waals surface area contributed by atoms with Crippen LogP contribution < -0.4 is 20.3 Å².